The molecule has 0 unspecified atom stereocenters. The Balaban J connectivity index is 1.56. The van der Waals surface area contributed by atoms with Crippen LogP contribution in [0.1, 0.15) is 24.8 Å². The van der Waals surface area contributed by atoms with Gasteiger partial charge >= 0.3 is 0 Å². The lowest BCUT2D eigenvalue weighted by Gasteiger charge is -2.15. The first-order valence-corrected chi connectivity index (χ1v) is 10.1. The van der Waals surface area contributed by atoms with Crippen LogP contribution in [0.15, 0.2) is 53.4 Å². The third-order valence-electron chi connectivity index (χ3n) is 4.40. The first-order valence-electron chi connectivity index (χ1n) is 8.63. The Labute approximate surface area is 153 Å². The highest BCUT2D eigenvalue weighted by Crippen LogP contribution is 2.21. The summed E-state index contributed by atoms with van der Waals surface area (Å²) in [5.74, 6) is -0.0676. The topological polar surface area (TPSA) is 86.7 Å². The number of nitrogens with one attached hydrogen (secondary N) is 1. The molecular formula is C19H22N2O4S. The molecule has 26 heavy (non-hydrogen) atoms. The number of benzene rings is 2. The molecule has 1 saturated heterocycles. The summed E-state index contributed by atoms with van der Waals surface area (Å²) in [5, 5.41) is 12.1. The predicted molar refractivity (Wildman–Crippen MR) is 99.5 cm³/mol. The van der Waals surface area contributed by atoms with Crippen molar-refractivity contribution < 1.29 is 18.3 Å². The van der Waals surface area contributed by atoms with Crippen molar-refractivity contribution in [1.82, 2.24) is 4.31 Å². The lowest BCUT2D eigenvalue weighted by molar-refractivity contribution is -0.116. The second-order valence-electron chi connectivity index (χ2n) is 6.35. The highest BCUT2D eigenvalue weighted by molar-refractivity contribution is 7.89. The SMILES string of the molecule is O=C(CCc1ccc(S(=O)(=O)N2CCCC2)cc1)Nc1cccc(O)c1. The number of nitrogens with zero attached hydrogens (tertiary/aromatic N) is 1. The quantitative estimate of drug-likeness (QED) is 0.814. The van der Waals surface area contributed by atoms with E-state index in [0.29, 0.717) is 30.1 Å². The van der Waals surface area contributed by atoms with Crippen LogP contribution >= 0.6 is 0 Å². The van der Waals surface area contributed by atoms with Gasteiger partial charge in [0.15, 0.2) is 0 Å². The molecule has 7 heteroatoms. The molecule has 0 saturated carbocycles. The molecule has 1 aliphatic rings. The lowest BCUT2D eigenvalue weighted by atomic mass is 10.1. The first-order chi connectivity index (χ1) is 12.4. The Morgan fingerprint density at radius 1 is 1.08 bits per heavy atom. The van der Waals surface area contributed by atoms with Crippen molar-refractivity contribution in [3.8, 4) is 5.75 Å². The van der Waals surface area contributed by atoms with Gasteiger partial charge < -0.3 is 10.4 Å². The van der Waals surface area contributed by atoms with E-state index >= 15 is 0 Å². The molecule has 1 aliphatic heterocycles. The molecule has 0 aromatic heterocycles. The zero-order chi connectivity index (χ0) is 18.6. The predicted octanol–water partition coefficient (Wildman–Crippen LogP) is 2.75. The first kappa shape index (κ1) is 18.4. The molecule has 1 amide bonds. The number of anilines is 1. The Hall–Kier alpha value is -2.38. The van der Waals surface area contributed by atoms with Crippen LogP contribution in [0.25, 0.3) is 0 Å². The van der Waals surface area contributed by atoms with E-state index in [9.17, 15) is 18.3 Å². The molecule has 2 aromatic rings. The Kier molecular flexibility index (Phi) is 5.58. The molecule has 6 nitrogen and oxygen atoms in total. The van der Waals surface area contributed by atoms with Crippen molar-refractivity contribution in [2.45, 2.75) is 30.6 Å². The van der Waals surface area contributed by atoms with E-state index in [0.717, 1.165) is 18.4 Å². The van der Waals surface area contributed by atoms with Crippen LogP contribution in [0, 0.1) is 0 Å². The summed E-state index contributed by atoms with van der Waals surface area (Å²) < 4.78 is 26.5. The standard InChI is InChI=1S/C19H22N2O4S/c22-17-5-3-4-16(14-17)20-19(23)11-8-15-6-9-18(10-7-15)26(24,25)21-12-1-2-13-21/h3-7,9-10,14,22H,1-2,8,11-13H2,(H,20,23). The number of carbonyl (C=O) groups is 1. The van der Waals surface area contributed by atoms with E-state index in [2.05, 4.69) is 5.32 Å². The third kappa shape index (κ3) is 4.42. The molecule has 0 atom stereocenters. The fourth-order valence-electron chi connectivity index (χ4n) is 2.97. The number of rotatable bonds is 6. The minimum Gasteiger partial charge on any atom is -0.508 e. The molecule has 1 heterocycles. The van der Waals surface area contributed by atoms with Crippen molar-refractivity contribution in [3.05, 3.63) is 54.1 Å². The van der Waals surface area contributed by atoms with Gasteiger partial charge in [0.25, 0.3) is 0 Å². The van der Waals surface area contributed by atoms with E-state index in [1.165, 1.54) is 16.4 Å². The van der Waals surface area contributed by atoms with Crippen LogP contribution in [-0.2, 0) is 21.2 Å². The maximum Gasteiger partial charge on any atom is 0.243 e. The number of sulfonamides is 1. The molecule has 0 bridgehead atoms. The zero-order valence-corrected chi connectivity index (χ0v) is 15.2. The second-order valence-corrected chi connectivity index (χ2v) is 8.29. The minimum absolute atomic E-state index is 0.0950. The van der Waals surface area contributed by atoms with Gasteiger partial charge in [-0.3, -0.25) is 4.79 Å². The summed E-state index contributed by atoms with van der Waals surface area (Å²) in [6.45, 7) is 1.17. The third-order valence-corrected chi connectivity index (χ3v) is 6.31. The van der Waals surface area contributed by atoms with Crippen molar-refractivity contribution in [1.29, 1.82) is 0 Å². The van der Waals surface area contributed by atoms with Gasteiger partial charge in [-0.05, 0) is 49.1 Å². The van der Waals surface area contributed by atoms with Gasteiger partial charge in [0.1, 0.15) is 5.75 Å². The number of hydrogen-bond acceptors (Lipinski definition) is 4. The maximum atomic E-state index is 12.5. The molecule has 3 rings (SSSR count). The molecule has 0 aliphatic carbocycles. The normalized spacial score (nSPS) is 15.1. The Morgan fingerprint density at radius 3 is 2.42 bits per heavy atom. The average molecular weight is 374 g/mol. The Morgan fingerprint density at radius 2 is 1.77 bits per heavy atom. The Bertz CT molecular complexity index is 873. The van der Waals surface area contributed by atoms with Crippen LogP contribution in [-0.4, -0.2) is 36.8 Å². The van der Waals surface area contributed by atoms with E-state index in [-0.39, 0.29) is 18.1 Å². The van der Waals surface area contributed by atoms with Gasteiger partial charge in [-0.2, -0.15) is 4.31 Å². The van der Waals surface area contributed by atoms with Gasteiger partial charge in [-0.15, -0.1) is 0 Å². The number of aromatic hydroxyl groups is 1. The van der Waals surface area contributed by atoms with Crippen LogP contribution in [0.2, 0.25) is 0 Å². The summed E-state index contributed by atoms with van der Waals surface area (Å²) in [4.78, 5) is 12.3. The van der Waals surface area contributed by atoms with E-state index in [1.807, 2.05) is 0 Å². The van der Waals surface area contributed by atoms with Gasteiger partial charge in [0.2, 0.25) is 15.9 Å². The largest absolute Gasteiger partial charge is 0.508 e. The minimum atomic E-state index is -3.40. The summed E-state index contributed by atoms with van der Waals surface area (Å²) in [6.07, 6.45) is 2.60. The van der Waals surface area contributed by atoms with E-state index in [1.54, 1.807) is 36.4 Å². The molecule has 1 fully saturated rings. The number of phenols is 1. The van der Waals surface area contributed by atoms with Gasteiger partial charge in [0.05, 0.1) is 4.90 Å². The van der Waals surface area contributed by atoms with Crippen molar-refractivity contribution >= 4 is 21.6 Å². The number of aryl methyl sites for hydroxylation is 1. The molecule has 0 spiro atoms. The average Bonchev–Trinajstić information content (AvgIpc) is 3.16. The van der Waals surface area contributed by atoms with Crippen LogP contribution in [0.5, 0.6) is 5.75 Å². The van der Waals surface area contributed by atoms with Crippen molar-refractivity contribution in [3.63, 3.8) is 0 Å². The van der Waals surface area contributed by atoms with E-state index < -0.39 is 10.0 Å². The number of hydrogen-bond donors (Lipinski definition) is 2. The maximum absolute atomic E-state index is 12.5. The molecular weight excluding hydrogens is 352 g/mol. The second kappa shape index (κ2) is 7.88. The van der Waals surface area contributed by atoms with Gasteiger partial charge in [0, 0.05) is 31.3 Å². The summed E-state index contributed by atoms with van der Waals surface area (Å²) in [6, 6.07) is 13.1. The monoisotopic (exact) mass is 374 g/mol. The van der Waals surface area contributed by atoms with Crippen molar-refractivity contribution in [2.75, 3.05) is 18.4 Å². The number of carbonyl (C=O) groups excluding carboxylic acids is 1. The van der Waals surface area contributed by atoms with Crippen molar-refractivity contribution in [2.24, 2.45) is 0 Å². The highest BCUT2D eigenvalue weighted by Gasteiger charge is 2.26. The summed E-state index contributed by atoms with van der Waals surface area (Å²) in [5.41, 5.74) is 1.44. The van der Waals surface area contributed by atoms with Crippen LogP contribution < -0.4 is 5.32 Å². The van der Waals surface area contributed by atoms with Crippen LogP contribution in [0.3, 0.4) is 0 Å². The number of phenolic OH excluding ortho intramolecular Hbond substituents is 1. The molecule has 138 valence electrons. The molecule has 2 aromatic carbocycles. The van der Waals surface area contributed by atoms with Gasteiger partial charge in [-0.1, -0.05) is 18.2 Å². The fourth-order valence-corrected chi connectivity index (χ4v) is 4.49. The highest BCUT2D eigenvalue weighted by atomic mass is 32.2. The molecule has 0 radical (unpaired) electrons. The van der Waals surface area contributed by atoms with Crippen LogP contribution in [0.4, 0.5) is 5.69 Å². The number of amides is 1. The fraction of sp³-hybridized carbons (Fsp3) is 0.316. The molecule has 2 N–H and O–H groups in total. The lowest BCUT2D eigenvalue weighted by Crippen LogP contribution is -2.27. The zero-order valence-electron chi connectivity index (χ0n) is 14.4. The van der Waals surface area contributed by atoms with Gasteiger partial charge in [-0.25, -0.2) is 8.42 Å². The smallest absolute Gasteiger partial charge is 0.243 e. The summed E-state index contributed by atoms with van der Waals surface area (Å²) >= 11 is 0. The summed E-state index contributed by atoms with van der Waals surface area (Å²) in [7, 11) is -3.40. The van der Waals surface area contributed by atoms with E-state index in [4.69, 9.17) is 0 Å².